The number of aryl methyl sites for hydroxylation is 2. The van der Waals surface area contributed by atoms with Gasteiger partial charge >= 0.3 is 0 Å². The van der Waals surface area contributed by atoms with E-state index in [4.69, 9.17) is 11.6 Å². The van der Waals surface area contributed by atoms with Gasteiger partial charge in [0.15, 0.2) is 5.78 Å². The zero-order chi connectivity index (χ0) is 20.3. The van der Waals surface area contributed by atoms with Gasteiger partial charge in [0.1, 0.15) is 5.82 Å². The predicted molar refractivity (Wildman–Crippen MR) is 107 cm³/mol. The van der Waals surface area contributed by atoms with Crippen LogP contribution in [0, 0.1) is 12.7 Å². The van der Waals surface area contributed by atoms with E-state index in [1.54, 1.807) is 24.4 Å². The van der Waals surface area contributed by atoms with Gasteiger partial charge < -0.3 is 4.55 Å². The van der Waals surface area contributed by atoms with Crippen LogP contribution in [0.25, 0.3) is 10.9 Å². The minimum atomic E-state index is -2.35. The second kappa shape index (κ2) is 8.87. The molecule has 0 radical (unpaired) electrons. The van der Waals surface area contributed by atoms with Crippen LogP contribution in [-0.2, 0) is 17.7 Å². The number of nitrogens with one attached hydrogen (secondary N) is 1. The topological polar surface area (TPSA) is 82.1 Å². The van der Waals surface area contributed by atoms with Crippen molar-refractivity contribution in [1.29, 1.82) is 0 Å². The molecule has 3 aromatic rings. The first-order chi connectivity index (χ1) is 13.3. The number of benzene rings is 2. The first-order valence-electron chi connectivity index (χ1n) is 8.57. The summed E-state index contributed by atoms with van der Waals surface area (Å²) in [5.41, 5.74) is 2.66. The highest BCUT2D eigenvalue weighted by Gasteiger charge is 2.18. The molecule has 3 rings (SSSR count). The fourth-order valence-corrected chi connectivity index (χ4v) is 3.57. The third kappa shape index (κ3) is 4.80. The van der Waals surface area contributed by atoms with Crippen LogP contribution in [0.2, 0.25) is 5.02 Å². The quantitative estimate of drug-likeness (QED) is 0.358. The number of nitrogens with zero attached hydrogens (tertiary/aromatic N) is 1. The Morgan fingerprint density at radius 1 is 1.29 bits per heavy atom. The third-order valence-electron chi connectivity index (χ3n) is 4.28. The number of fused-ring (bicyclic) bond motifs is 1. The molecular weight excluding hydrogens is 403 g/mol. The second-order valence-corrected chi connectivity index (χ2v) is 7.54. The zero-order valence-electron chi connectivity index (χ0n) is 15.0. The number of halogens is 2. The van der Waals surface area contributed by atoms with Crippen molar-refractivity contribution in [3.05, 3.63) is 75.7 Å². The molecule has 0 spiro atoms. The van der Waals surface area contributed by atoms with Crippen molar-refractivity contribution in [3.63, 3.8) is 0 Å². The Labute approximate surface area is 169 Å². The molecule has 0 saturated carbocycles. The minimum Gasteiger partial charge on any atom is -0.760 e. The fraction of sp³-hybridized carbons (Fsp3) is 0.200. The molecule has 1 atom stereocenters. The first-order valence-corrected chi connectivity index (χ1v) is 10.0. The highest BCUT2D eigenvalue weighted by atomic mass is 35.5. The predicted octanol–water partition coefficient (Wildman–Crippen LogP) is 3.88. The van der Waals surface area contributed by atoms with Crippen LogP contribution in [0.1, 0.15) is 33.5 Å². The third-order valence-corrected chi connectivity index (χ3v) is 5.17. The Kier molecular flexibility index (Phi) is 6.51. The van der Waals surface area contributed by atoms with Crippen LogP contribution >= 0.6 is 11.6 Å². The van der Waals surface area contributed by atoms with Crippen molar-refractivity contribution in [2.75, 3.05) is 6.54 Å². The van der Waals surface area contributed by atoms with Gasteiger partial charge in [-0.25, -0.2) is 9.11 Å². The lowest BCUT2D eigenvalue weighted by atomic mass is 9.98. The molecule has 5 nitrogen and oxygen atoms in total. The molecule has 0 bridgehead atoms. The highest BCUT2D eigenvalue weighted by Crippen LogP contribution is 2.27. The molecule has 1 heterocycles. The lowest BCUT2D eigenvalue weighted by Gasteiger charge is -2.11. The number of hydrogen-bond donors (Lipinski definition) is 1. The largest absolute Gasteiger partial charge is 0.760 e. The Bertz CT molecular complexity index is 1070. The van der Waals surface area contributed by atoms with Crippen molar-refractivity contribution in [1.82, 2.24) is 9.71 Å². The summed E-state index contributed by atoms with van der Waals surface area (Å²) in [7, 11) is 0. The molecule has 28 heavy (non-hydrogen) atoms. The van der Waals surface area contributed by atoms with E-state index in [2.05, 4.69) is 9.71 Å². The van der Waals surface area contributed by atoms with E-state index < -0.39 is 17.1 Å². The Balaban J connectivity index is 1.90. The summed E-state index contributed by atoms with van der Waals surface area (Å²) in [4.78, 5) is 17.3. The Hall–Kier alpha value is -2.19. The van der Waals surface area contributed by atoms with Gasteiger partial charge in [-0.05, 0) is 67.3 Å². The summed E-state index contributed by atoms with van der Waals surface area (Å²) >= 11 is 4.02. The molecule has 0 amide bonds. The van der Waals surface area contributed by atoms with Crippen molar-refractivity contribution in [2.24, 2.45) is 0 Å². The number of pyridine rings is 1. The van der Waals surface area contributed by atoms with E-state index in [0.717, 1.165) is 22.5 Å². The van der Waals surface area contributed by atoms with E-state index in [-0.39, 0.29) is 22.9 Å². The summed E-state index contributed by atoms with van der Waals surface area (Å²) in [6, 6.07) is 9.40. The highest BCUT2D eigenvalue weighted by molar-refractivity contribution is 7.77. The van der Waals surface area contributed by atoms with Gasteiger partial charge in [0.05, 0.1) is 10.5 Å². The standard InChI is InChI=1S/C20H18ClFN2O3S/c1-12-7-15-8-14(4-5-18(15)23-11-12)20(25)17-10-16(22)9-13(19(17)21)3-2-6-24-28(26)27/h4-5,7-11,24H,2-3,6H2,1H3,(H,26,27)/p-1. The number of aromatic nitrogens is 1. The zero-order valence-corrected chi connectivity index (χ0v) is 16.6. The fourth-order valence-electron chi connectivity index (χ4n) is 2.97. The van der Waals surface area contributed by atoms with Crippen LogP contribution in [0.3, 0.4) is 0 Å². The van der Waals surface area contributed by atoms with Gasteiger partial charge in [-0.2, -0.15) is 0 Å². The van der Waals surface area contributed by atoms with Gasteiger partial charge in [0, 0.05) is 40.5 Å². The second-order valence-electron chi connectivity index (χ2n) is 6.41. The van der Waals surface area contributed by atoms with Crippen molar-refractivity contribution in [3.8, 4) is 0 Å². The smallest absolute Gasteiger partial charge is 0.194 e. The molecule has 1 N–H and O–H groups in total. The molecule has 0 aliphatic rings. The van der Waals surface area contributed by atoms with E-state index in [0.29, 0.717) is 24.0 Å². The van der Waals surface area contributed by atoms with Gasteiger partial charge in [-0.3, -0.25) is 14.0 Å². The van der Waals surface area contributed by atoms with E-state index in [9.17, 15) is 17.9 Å². The molecule has 0 aliphatic heterocycles. The number of carbonyl (C=O) groups excluding carboxylic acids is 1. The average Bonchev–Trinajstić information content (AvgIpc) is 2.66. The molecule has 0 saturated heterocycles. The maximum atomic E-state index is 14.1. The number of rotatable bonds is 7. The Morgan fingerprint density at radius 3 is 2.82 bits per heavy atom. The van der Waals surface area contributed by atoms with E-state index in [1.807, 2.05) is 13.0 Å². The summed E-state index contributed by atoms with van der Waals surface area (Å²) in [5, 5.41) is 0.993. The van der Waals surface area contributed by atoms with Crippen molar-refractivity contribution in [2.45, 2.75) is 19.8 Å². The molecule has 146 valence electrons. The van der Waals surface area contributed by atoms with Crippen LogP contribution in [0.15, 0.2) is 42.6 Å². The normalized spacial score (nSPS) is 12.3. The van der Waals surface area contributed by atoms with Gasteiger partial charge in [0.2, 0.25) is 0 Å². The average molecular weight is 420 g/mol. The SMILES string of the molecule is Cc1cnc2ccc(C(=O)c3cc(F)cc(CCCNS(=O)[O-])c3Cl)cc2c1. The maximum absolute atomic E-state index is 14.1. The summed E-state index contributed by atoms with van der Waals surface area (Å²) < 4.78 is 37.3. The summed E-state index contributed by atoms with van der Waals surface area (Å²) in [6.07, 6.45) is 2.50. The lowest BCUT2D eigenvalue weighted by molar-refractivity contribution is 0.103. The van der Waals surface area contributed by atoms with E-state index in [1.165, 1.54) is 6.07 Å². The van der Waals surface area contributed by atoms with Crippen molar-refractivity contribution < 1.29 is 17.9 Å². The number of hydrogen-bond acceptors (Lipinski definition) is 4. The molecular formula is C20H17ClFN2O3S-. The number of ketones is 1. The molecule has 0 fully saturated rings. The summed E-state index contributed by atoms with van der Waals surface area (Å²) in [6.45, 7) is 2.11. The monoisotopic (exact) mass is 419 g/mol. The molecule has 8 heteroatoms. The van der Waals surface area contributed by atoms with Crippen LogP contribution in [0.4, 0.5) is 4.39 Å². The van der Waals surface area contributed by atoms with Crippen LogP contribution in [0.5, 0.6) is 0 Å². The number of carbonyl (C=O) groups is 1. The van der Waals surface area contributed by atoms with Gasteiger partial charge in [-0.1, -0.05) is 11.6 Å². The van der Waals surface area contributed by atoms with E-state index >= 15 is 0 Å². The first kappa shape index (κ1) is 20.5. The maximum Gasteiger partial charge on any atom is 0.194 e. The lowest BCUT2D eigenvalue weighted by Crippen LogP contribution is -2.18. The van der Waals surface area contributed by atoms with Crippen LogP contribution < -0.4 is 4.72 Å². The Morgan fingerprint density at radius 2 is 2.07 bits per heavy atom. The van der Waals surface area contributed by atoms with Crippen LogP contribution in [-0.4, -0.2) is 26.1 Å². The van der Waals surface area contributed by atoms with Crippen molar-refractivity contribution >= 4 is 39.6 Å². The molecule has 1 unspecified atom stereocenters. The molecule has 2 aromatic carbocycles. The molecule has 1 aromatic heterocycles. The van der Waals surface area contributed by atoms with Gasteiger partial charge in [0.25, 0.3) is 0 Å². The molecule has 0 aliphatic carbocycles. The minimum absolute atomic E-state index is 0.0805. The summed E-state index contributed by atoms with van der Waals surface area (Å²) in [5.74, 6) is -0.950. The van der Waals surface area contributed by atoms with Gasteiger partial charge in [-0.15, -0.1) is 0 Å².